The molecule has 0 aliphatic carbocycles. The molecule has 1 heterocycles. The normalized spacial score (nSPS) is 26.1. The number of nitrogens with zero attached hydrogens (tertiary/aromatic N) is 1. The maximum absolute atomic E-state index is 12.4. The van der Waals surface area contributed by atoms with Crippen LogP contribution >= 0.6 is 0 Å². The van der Waals surface area contributed by atoms with Crippen LogP contribution < -0.4 is 5.32 Å². The summed E-state index contributed by atoms with van der Waals surface area (Å²) in [4.78, 5) is 25.4. The van der Waals surface area contributed by atoms with E-state index in [9.17, 15) is 14.7 Å². The van der Waals surface area contributed by atoms with Crippen LogP contribution in [0.3, 0.4) is 0 Å². The lowest BCUT2D eigenvalue weighted by Crippen LogP contribution is -2.55. The van der Waals surface area contributed by atoms with Crippen molar-refractivity contribution in [3.63, 3.8) is 0 Å². The number of hydrogen-bond donors (Lipinski definition) is 2. The zero-order valence-electron chi connectivity index (χ0n) is 13.0. The number of carboxylic acids is 1. The first-order chi connectivity index (χ1) is 9.18. The third-order valence-electron chi connectivity index (χ3n) is 3.69. The molecule has 0 saturated carbocycles. The lowest BCUT2D eigenvalue weighted by molar-refractivity contribution is -0.148. The Morgan fingerprint density at radius 1 is 1.40 bits per heavy atom. The van der Waals surface area contributed by atoms with Gasteiger partial charge in [0.2, 0.25) is 0 Å². The Morgan fingerprint density at radius 3 is 2.45 bits per heavy atom. The molecule has 0 aromatic rings. The standard InChI is InChI=1S/C14H26N2O4/c1-9(2)6-16(10(3)4)13(19)15-11-7-20-8-14(11,5)12(17)18/h9-11H,6-8H2,1-5H3,(H,15,19)(H,17,18). The summed E-state index contributed by atoms with van der Waals surface area (Å²) in [5, 5.41) is 12.1. The summed E-state index contributed by atoms with van der Waals surface area (Å²) in [6, 6.07) is -0.659. The van der Waals surface area contributed by atoms with Crippen LogP contribution in [-0.2, 0) is 9.53 Å². The van der Waals surface area contributed by atoms with E-state index in [2.05, 4.69) is 5.32 Å². The van der Waals surface area contributed by atoms with Crippen molar-refractivity contribution in [3.8, 4) is 0 Å². The third-order valence-corrected chi connectivity index (χ3v) is 3.69. The van der Waals surface area contributed by atoms with Crippen LogP contribution in [0.15, 0.2) is 0 Å². The molecule has 6 heteroatoms. The average molecular weight is 286 g/mol. The second-order valence-electron chi connectivity index (χ2n) is 6.38. The molecule has 2 atom stereocenters. The maximum Gasteiger partial charge on any atom is 0.317 e. The third kappa shape index (κ3) is 3.62. The van der Waals surface area contributed by atoms with Crippen molar-refractivity contribution in [3.05, 3.63) is 0 Å². The highest BCUT2D eigenvalue weighted by atomic mass is 16.5. The average Bonchev–Trinajstić information content (AvgIpc) is 2.68. The zero-order chi connectivity index (χ0) is 15.5. The van der Waals surface area contributed by atoms with Crippen LogP contribution in [0, 0.1) is 11.3 Å². The minimum absolute atomic E-state index is 0.0656. The van der Waals surface area contributed by atoms with Gasteiger partial charge >= 0.3 is 12.0 Å². The van der Waals surface area contributed by atoms with Gasteiger partial charge in [-0.15, -0.1) is 0 Å². The summed E-state index contributed by atoms with van der Waals surface area (Å²) < 4.78 is 5.24. The van der Waals surface area contributed by atoms with Crippen LogP contribution in [0.2, 0.25) is 0 Å². The van der Waals surface area contributed by atoms with Gasteiger partial charge in [-0.3, -0.25) is 4.79 Å². The van der Waals surface area contributed by atoms with Crippen LogP contribution in [0.25, 0.3) is 0 Å². The number of aliphatic carboxylic acids is 1. The number of amides is 2. The summed E-state index contributed by atoms with van der Waals surface area (Å²) >= 11 is 0. The molecule has 0 spiro atoms. The molecule has 1 fully saturated rings. The van der Waals surface area contributed by atoms with Crippen LogP contribution in [0.1, 0.15) is 34.6 Å². The molecule has 2 amide bonds. The van der Waals surface area contributed by atoms with Gasteiger partial charge in [0.15, 0.2) is 0 Å². The Bertz CT molecular complexity index is 370. The summed E-state index contributed by atoms with van der Waals surface area (Å²) in [7, 11) is 0. The predicted octanol–water partition coefficient (Wildman–Crippen LogP) is 1.55. The van der Waals surface area contributed by atoms with Crippen molar-refractivity contribution in [2.75, 3.05) is 19.8 Å². The molecule has 0 aromatic heterocycles. The molecule has 6 nitrogen and oxygen atoms in total. The van der Waals surface area contributed by atoms with Crippen molar-refractivity contribution in [1.29, 1.82) is 0 Å². The molecule has 0 aromatic carbocycles. The second-order valence-corrected chi connectivity index (χ2v) is 6.38. The van der Waals surface area contributed by atoms with Crippen LogP contribution in [-0.4, -0.2) is 53.8 Å². The molecule has 2 unspecified atom stereocenters. The molecular weight excluding hydrogens is 260 g/mol. The van der Waals surface area contributed by atoms with Gasteiger partial charge < -0.3 is 20.1 Å². The van der Waals surface area contributed by atoms with Crippen molar-refractivity contribution in [1.82, 2.24) is 10.2 Å². The summed E-state index contributed by atoms with van der Waals surface area (Å²) in [6.45, 7) is 10.6. The lowest BCUT2D eigenvalue weighted by Gasteiger charge is -2.32. The fraction of sp³-hybridized carbons (Fsp3) is 0.857. The lowest BCUT2D eigenvalue weighted by atomic mass is 9.85. The minimum atomic E-state index is -1.06. The molecule has 1 aliphatic heterocycles. The van der Waals surface area contributed by atoms with E-state index >= 15 is 0 Å². The first-order valence-electron chi connectivity index (χ1n) is 7.06. The number of ether oxygens (including phenoxy) is 1. The maximum atomic E-state index is 12.4. The van der Waals surface area contributed by atoms with Crippen LogP contribution in [0.4, 0.5) is 4.79 Å². The molecule has 0 bridgehead atoms. The number of hydrogen-bond acceptors (Lipinski definition) is 3. The second kappa shape index (κ2) is 6.43. The monoisotopic (exact) mass is 286 g/mol. The van der Waals surface area contributed by atoms with Crippen LogP contribution in [0.5, 0.6) is 0 Å². The Hall–Kier alpha value is -1.30. The molecule has 0 radical (unpaired) electrons. The van der Waals surface area contributed by atoms with E-state index in [0.717, 1.165) is 0 Å². The van der Waals surface area contributed by atoms with E-state index in [1.165, 1.54) is 0 Å². The fourth-order valence-electron chi connectivity index (χ4n) is 2.24. The minimum Gasteiger partial charge on any atom is -0.481 e. The van der Waals surface area contributed by atoms with E-state index in [1.54, 1.807) is 11.8 Å². The topological polar surface area (TPSA) is 78.9 Å². The molecule has 1 aliphatic rings. The first-order valence-corrected chi connectivity index (χ1v) is 7.06. The van der Waals surface area contributed by atoms with Gasteiger partial charge in [0.1, 0.15) is 5.41 Å². The Morgan fingerprint density at radius 2 is 2.00 bits per heavy atom. The molecule has 2 N–H and O–H groups in total. The van der Waals surface area contributed by atoms with Gasteiger partial charge in [-0.05, 0) is 26.7 Å². The predicted molar refractivity (Wildman–Crippen MR) is 75.6 cm³/mol. The summed E-state index contributed by atoms with van der Waals surface area (Å²) in [5.41, 5.74) is -1.06. The van der Waals surface area contributed by atoms with Gasteiger partial charge in [0.05, 0.1) is 19.3 Å². The molecular formula is C14H26N2O4. The Labute approximate surface area is 120 Å². The van der Waals surface area contributed by atoms with E-state index in [1.807, 2.05) is 27.7 Å². The van der Waals surface area contributed by atoms with Gasteiger partial charge in [-0.25, -0.2) is 4.79 Å². The van der Waals surface area contributed by atoms with E-state index in [-0.39, 0.29) is 25.3 Å². The smallest absolute Gasteiger partial charge is 0.317 e. The van der Waals surface area contributed by atoms with Crippen molar-refractivity contribution >= 4 is 12.0 Å². The number of rotatable bonds is 5. The highest BCUT2D eigenvalue weighted by Gasteiger charge is 2.47. The van der Waals surface area contributed by atoms with E-state index in [4.69, 9.17) is 4.74 Å². The SMILES string of the molecule is CC(C)CN(C(=O)NC1COCC1(C)C(=O)O)C(C)C. The number of nitrogens with one attached hydrogen (secondary N) is 1. The van der Waals surface area contributed by atoms with Crippen molar-refractivity contribution in [2.45, 2.75) is 46.7 Å². The summed E-state index contributed by atoms with van der Waals surface area (Å²) in [5.74, 6) is -0.589. The molecule has 1 rings (SSSR count). The fourth-order valence-corrected chi connectivity index (χ4v) is 2.24. The number of carbonyl (C=O) groups is 2. The zero-order valence-corrected chi connectivity index (χ0v) is 13.0. The van der Waals surface area contributed by atoms with Gasteiger partial charge in [0, 0.05) is 12.6 Å². The number of carboxylic acid groups (broad SMARTS) is 1. The van der Waals surface area contributed by atoms with E-state index in [0.29, 0.717) is 12.5 Å². The largest absolute Gasteiger partial charge is 0.481 e. The Kier molecular flexibility index (Phi) is 5.39. The first kappa shape index (κ1) is 16.8. The van der Waals surface area contributed by atoms with Crippen molar-refractivity contribution in [2.24, 2.45) is 11.3 Å². The van der Waals surface area contributed by atoms with Gasteiger partial charge in [-0.1, -0.05) is 13.8 Å². The van der Waals surface area contributed by atoms with Gasteiger partial charge in [-0.2, -0.15) is 0 Å². The van der Waals surface area contributed by atoms with Gasteiger partial charge in [0.25, 0.3) is 0 Å². The quantitative estimate of drug-likeness (QED) is 0.803. The summed E-state index contributed by atoms with van der Waals surface area (Å²) in [6.07, 6.45) is 0. The van der Waals surface area contributed by atoms with Crippen molar-refractivity contribution < 1.29 is 19.4 Å². The number of carbonyl (C=O) groups excluding carboxylic acids is 1. The Balaban J connectivity index is 2.75. The number of urea groups is 1. The molecule has 1 saturated heterocycles. The molecule has 116 valence electrons. The molecule has 20 heavy (non-hydrogen) atoms. The highest BCUT2D eigenvalue weighted by molar-refractivity contribution is 5.79. The van der Waals surface area contributed by atoms with E-state index < -0.39 is 17.4 Å². The highest BCUT2D eigenvalue weighted by Crippen LogP contribution is 2.28.